The number of hydrogen-bond acceptors (Lipinski definition) is 4. The van der Waals surface area contributed by atoms with Crippen LogP contribution in [-0.4, -0.2) is 20.6 Å². The second-order valence-corrected chi connectivity index (χ2v) is 8.89. The number of carbonyl (C=O) groups excluding carboxylic acids is 1. The summed E-state index contributed by atoms with van der Waals surface area (Å²) >= 11 is 0. The van der Waals surface area contributed by atoms with E-state index in [-0.39, 0.29) is 23.3 Å². The Balaban J connectivity index is 2.08. The fourth-order valence-corrected chi connectivity index (χ4v) is 3.85. The van der Waals surface area contributed by atoms with Gasteiger partial charge in [-0.3, -0.25) is 4.79 Å². The molecule has 0 amide bonds. The molecule has 0 radical (unpaired) electrons. The molecule has 6 heteroatoms. The highest BCUT2D eigenvalue weighted by Crippen LogP contribution is 2.29. The third-order valence-electron chi connectivity index (χ3n) is 4.77. The zero-order chi connectivity index (χ0) is 20.5. The first kappa shape index (κ1) is 20.0. The Morgan fingerprint density at radius 3 is 2.36 bits per heavy atom. The van der Waals surface area contributed by atoms with E-state index < -0.39 is 9.84 Å². The second-order valence-electron chi connectivity index (χ2n) is 6.88. The van der Waals surface area contributed by atoms with Gasteiger partial charge in [-0.2, -0.15) is 0 Å². The predicted molar refractivity (Wildman–Crippen MR) is 106 cm³/mol. The van der Waals surface area contributed by atoms with Crippen LogP contribution in [0.1, 0.15) is 29.2 Å². The minimum absolute atomic E-state index is 0.147. The number of ether oxygens (including phenoxy) is 1. The summed E-state index contributed by atoms with van der Waals surface area (Å²) in [5.74, 6) is -0.690. The van der Waals surface area contributed by atoms with E-state index >= 15 is 0 Å². The van der Waals surface area contributed by atoms with Gasteiger partial charge in [-0.25, -0.2) is 12.8 Å². The van der Waals surface area contributed by atoms with Crippen molar-refractivity contribution in [1.82, 2.24) is 0 Å². The topological polar surface area (TPSA) is 60.4 Å². The SMILES string of the molecule is CC(=O)OCc1cc2ccc(F)cc2c(Cc2ccc(S(C)(=O)=O)cc2)c1C. The summed E-state index contributed by atoms with van der Waals surface area (Å²) in [6, 6.07) is 13.2. The van der Waals surface area contributed by atoms with Gasteiger partial charge in [0.25, 0.3) is 0 Å². The van der Waals surface area contributed by atoms with Crippen molar-refractivity contribution in [3.05, 3.63) is 76.6 Å². The van der Waals surface area contributed by atoms with Crippen LogP contribution in [-0.2, 0) is 32.4 Å². The largest absolute Gasteiger partial charge is 0.461 e. The summed E-state index contributed by atoms with van der Waals surface area (Å²) in [4.78, 5) is 11.5. The van der Waals surface area contributed by atoms with Gasteiger partial charge in [0.2, 0.25) is 0 Å². The third-order valence-corrected chi connectivity index (χ3v) is 5.90. The smallest absolute Gasteiger partial charge is 0.302 e. The van der Waals surface area contributed by atoms with Crippen molar-refractivity contribution in [2.45, 2.75) is 31.8 Å². The molecule has 0 unspecified atom stereocenters. The molecule has 0 heterocycles. The minimum Gasteiger partial charge on any atom is -0.461 e. The van der Waals surface area contributed by atoms with Crippen molar-refractivity contribution < 1.29 is 22.3 Å². The van der Waals surface area contributed by atoms with Crippen LogP contribution >= 0.6 is 0 Å². The van der Waals surface area contributed by atoms with Crippen LogP contribution in [0, 0.1) is 12.7 Å². The molecule has 4 nitrogen and oxygen atoms in total. The lowest BCUT2D eigenvalue weighted by atomic mass is 9.91. The summed E-state index contributed by atoms with van der Waals surface area (Å²) in [6.45, 7) is 3.42. The maximum atomic E-state index is 13.9. The monoisotopic (exact) mass is 400 g/mol. The van der Waals surface area contributed by atoms with E-state index in [1.54, 1.807) is 30.3 Å². The quantitative estimate of drug-likeness (QED) is 0.598. The molecule has 0 N–H and O–H groups in total. The van der Waals surface area contributed by atoms with Gasteiger partial charge in [-0.05, 0) is 76.7 Å². The van der Waals surface area contributed by atoms with E-state index in [0.29, 0.717) is 6.42 Å². The molecule has 0 aliphatic heterocycles. The molecule has 0 atom stereocenters. The number of rotatable bonds is 5. The van der Waals surface area contributed by atoms with Crippen LogP contribution in [0.2, 0.25) is 0 Å². The molecule has 0 aliphatic rings. The molecule has 0 aliphatic carbocycles. The van der Waals surface area contributed by atoms with Gasteiger partial charge in [0, 0.05) is 13.2 Å². The molecule has 0 bridgehead atoms. The Morgan fingerprint density at radius 1 is 1.07 bits per heavy atom. The van der Waals surface area contributed by atoms with E-state index in [1.165, 1.54) is 25.3 Å². The third kappa shape index (κ3) is 4.39. The highest BCUT2D eigenvalue weighted by Gasteiger charge is 2.14. The predicted octanol–water partition coefficient (Wildman–Crippen LogP) is 4.34. The number of halogens is 1. The lowest BCUT2D eigenvalue weighted by Crippen LogP contribution is -2.04. The molecule has 3 aromatic carbocycles. The van der Waals surface area contributed by atoms with Gasteiger partial charge in [0.05, 0.1) is 4.90 Å². The first-order valence-corrected chi connectivity index (χ1v) is 10.7. The van der Waals surface area contributed by atoms with E-state index in [9.17, 15) is 17.6 Å². The first-order chi connectivity index (χ1) is 13.1. The maximum Gasteiger partial charge on any atom is 0.302 e. The van der Waals surface area contributed by atoms with Crippen molar-refractivity contribution in [3.8, 4) is 0 Å². The molecule has 0 spiro atoms. The Kier molecular flexibility index (Phi) is 5.52. The lowest BCUT2D eigenvalue weighted by molar-refractivity contribution is -0.142. The molecule has 0 saturated heterocycles. The van der Waals surface area contributed by atoms with Gasteiger partial charge in [0.1, 0.15) is 12.4 Å². The van der Waals surface area contributed by atoms with Gasteiger partial charge in [0.15, 0.2) is 9.84 Å². The maximum absolute atomic E-state index is 13.9. The summed E-state index contributed by atoms with van der Waals surface area (Å²) in [5, 5.41) is 1.65. The molecule has 146 valence electrons. The number of esters is 1. The Labute approximate surface area is 163 Å². The Morgan fingerprint density at radius 2 is 1.75 bits per heavy atom. The molecular formula is C22H21FO4S. The number of carbonyl (C=O) groups is 1. The summed E-state index contributed by atoms with van der Waals surface area (Å²) in [6.07, 6.45) is 1.67. The average Bonchev–Trinajstić information content (AvgIpc) is 2.62. The van der Waals surface area contributed by atoms with Crippen molar-refractivity contribution in [2.75, 3.05) is 6.26 Å². The van der Waals surface area contributed by atoms with E-state index in [2.05, 4.69) is 0 Å². The van der Waals surface area contributed by atoms with Gasteiger partial charge in [-0.1, -0.05) is 18.2 Å². The lowest BCUT2D eigenvalue weighted by Gasteiger charge is -2.16. The van der Waals surface area contributed by atoms with Crippen LogP contribution in [0.4, 0.5) is 4.39 Å². The molecule has 0 aromatic heterocycles. The second kappa shape index (κ2) is 7.72. The molecular weight excluding hydrogens is 379 g/mol. The number of fused-ring (bicyclic) bond motifs is 1. The van der Waals surface area contributed by atoms with Gasteiger partial charge < -0.3 is 4.74 Å². The molecule has 3 rings (SSSR count). The van der Waals surface area contributed by atoms with Crippen LogP contribution in [0.3, 0.4) is 0 Å². The fraction of sp³-hybridized carbons (Fsp3) is 0.227. The normalized spacial score (nSPS) is 11.6. The zero-order valence-corrected chi connectivity index (χ0v) is 16.8. The molecule has 3 aromatic rings. The van der Waals surface area contributed by atoms with Crippen molar-refractivity contribution in [3.63, 3.8) is 0 Å². The van der Waals surface area contributed by atoms with Crippen molar-refractivity contribution >= 4 is 26.6 Å². The van der Waals surface area contributed by atoms with Crippen LogP contribution in [0.15, 0.2) is 53.4 Å². The number of sulfone groups is 1. The average molecular weight is 400 g/mol. The van der Waals surface area contributed by atoms with Gasteiger partial charge in [-0.15, -0.1) is 0 Å². The highest BCUT2D eigenvalue weighted by molar-refractivity contribution is 7.90. The molecule has 28 heavy (non-hydrogen) atoms. The zero-order valence-electron chi connectivity index (χ0n) is 16.0. The summed E-state index contributed by atoms with van der Waals surface area (Å²) in [7, 11) is -3.26. The van der Waals surface area contributed by atoms with Crippen LogP contribution < -0.4 is 0 Å². The molecule has 0 saturated carbocycles. The van der Waals surface area contributed by atoms with Crippen molar-refractivity contribution in [2.24, 2.45) is 0 Å². The van der Waals surface area contributed by atoms with Crippen molar-refractivity contribution in [1.29, 1.82) is 0 Å². The van der Waals surface area contributed by atoms with E-state index in [4.69, 9.17) is 4.74 Å². The van der Waals surface area contributed by atoms with E-state index in [1.807, 2.05) is 13.0 Å². The van der Waals surface area contributed by atoms with E-state index in [0.717, 1.165) is 33.0 Å². The standard InChI is InChI=1S/C22H21FO4S/c1-14-18(13-27-15(2)24)11-17-6-7-19(23)12-22(17)21(14)10-16-4-8-20(9-5-16)28(3,25)26/h4-9,11-12H,10,13H2,1-3H3. The minimum atomic E-state index is -3.26. The Hall–Kier alpha value is -2.73. The summed E-state index contributed by atoms with van der Waals surface area (Å²) < 4.78 is 42.4. The number of benzene rings is 3. The molecule has 0 fully saturated rings. The fourth-order valence-electron chi connectivity index (χ4n) is 3.22. The summed E-state index contributed by atoms with van der Waals surface area (Å²) in [5.41, 5.74) is 3.61. The van der Waals surface area contributed by atoms with Crippen LogP contribution in [0.25, 0.3) is 10.8 Å². The number of hydrogen-bond donors (Lipinski definition) is 0. The Bertz CT molecular complexity index is 1150. The first-order valence-electron chi connectivity index (χ1n) is 8.78. The van der Waals surface area contributed by atoms with Gasteiger partial charge >= 0.3 is 5.97 Å². The highest BCUT2D eigenvalue weighted by atomic mass is 32.2. The van der Waals surface area contributed by atoms with Crippen LogP contribution in [0.5, 0.6) is 0 Å².